The van der Waals surface area contributed by atoms with E-state index >= 15 is 0 Å². The molecule has 0 heterocycles. The van der Waals surface area contributed by atoms with Gasteiger partial charge in [-0.25, -0.2) is 4.79 Å². The molecular formula is C19H27NO2. The molecule has 3 heteroatoms. The summed E-state index contributed by atoms with van der Waals surface area (Å²) in [5, 5.41) is 0. The molecule has 2 N–H and O–H groups in total. The van der Waals surface area contributed by atoms with E-state index < -0.39 is 0 Å². The third-order valence-corrected chi connectivity index (χ3v) is 2.58. The van der Waals surface area contributed by atoms with Crippen LogP contribution in [0.4, 0.5) is 0 Å². The first-order chi connectivity index (χ1) is 10.8. The number of hydrogen-bond donors (Lipinski definition) is 1. The van der Waals surface area contributed by atoms with Crippen LogP contribution in [-0.4, -0.2) is 19.1 Å². The topological polar surface area (TPSA) is 52.3 Å². The van der Waals surface area contributed by atoms with Gasteiger partial charge in [-0.3, -0.25) is 0 Å². The molecule has 0 saturated heterocycles. The number of nitrogens with two attached hydrogens (primary N) is 1. The van der Waals surface area contributed by atoms with Crippen LogP contribution in [0.15, 0.2) is 54.6 Å². The van der Waals surface area contributed by atoms with Gasteiger partial charge in [0, 0.05) is 6.54 Å². The first-order valence-corrected chi connectivity index (χ1v) is 7.84. The molecule has 0 radical (unpaired) electrons. The van der Waals surface area contributed by atoms with Crippen LogP contribution >= 0.6 is 0 Å². The Bertz CT molecular complexity index is 524. The van der Waals surface area contributed by atoms with E-state index in [9.17, 15) is 4.79 Å². The van der Waals surface area contributed by atoms with Crippen LogP contribution in [0, 0.1) is 0 Å². The highest BCUT2D eigenvalue weighted by molar-refractivity contribution is 5.97. The fourth-order valence-corrected chi connectivity index (χ4v) is 1.76. The average Bonchev–Trinajstić information content (AvgIpc) is 2.64. The first kappa shape index (κ1) is 19.9. The summed E-state index contributed by atoms with van der Waals surface area (Å²) >= 11 is 0. The molecule has 0 saturated carbocycles. The van der Waals surface area contributed by atoms with E-state index in [1.165, 1.54) is 0 Å². The van der Waals surface area contributed by atoms with E-state index in [1.807, 2.05) is 76.2 Å². The van der Waals surface area contributed by atoms with E-state index in [1.54, 1.807) is 6.07 Å². The Morgan fingerprint density at radius 3 is 2.05 bits per heavy atom. The number of rotatable bonds is 4. The Hall–Kier alpha value is -2.13. The number of carbonyl (C=O) groups is 1. The van der Waals surface area contributed by atoms with Crippen molar-refractivity contribution in [2.24, 2.45) is 5.73 Å². The molecule has 0 aliphatic heterocycles. The third kappa shape index (κ3) is 6.10. The zero-order valence-electron chi connectivity index (χ0n) is 14.0. The van der Waals surface area contributed by atoms with Gasteiger partial charge in [-0.15, -0.1) is 0 Å². The SMILES string of the molecule is CC.CC.NCCOC(=O)c1ccccc1-c1ccccc1. The molecule has 0 spiro atoms. The van der Waals surface area contributed by atoms with Gasteiger partial charge in [0.25, 0.3) is 0 Å². The highest BCUT2D eigenvalue weighted by Gasteiger charge is 2.12. The molecule has 2 aromatic rings. The van der Waals surface area contributed by atoms with Gasteiger partial charge in [-0.05, 0) is 17.2 Å². The second-order valence-electron chi connectivity index (χ2n) is 3.84. The molecule has 0 aliphatic rings. The zero-order valence-corrected chi connectivity index (χ0v) is 14.0. The molecule has 0 aromatic heterocycles. The second-order valence-corrected chi connectivity index (χ2v) is 3.84. The molecule has 0 aliphatic carbocycles. The molecule has 2 rings (SSSR count). The molecule has 0 bridgehead atoms. The van der Waals surface area contributed by atoms with Crippen molar-refractivity contribution in [3.63, 3.8) is 0 Å². The van der Waals surface area contributed by atoms with Gasteiger partial charge in [0.05, 0.1) is 5.56 Å². The molecule has 0 atom stereocenters. The fraction of sp³-hybridized carbons (Fsp3) is 0.316. The van der Waals surface area contributed by atoms with Gasteiger partial charge in [0.1, 0.15) is 6.61 Å². The third-order valence-electron chi connectivity index (χ3n) is 2.58. The molecule has 22 heavy (non-hydrogen) atoms. The molecule has 120 valence electrons. The van der Waals surface area contributed by atoms with E-state index in [-0.39, 0.29) is 12.6 Å². The Labute approximate surface area is 134 Å². The van der Waals surface area contributed by atoms with Crippen LogP contribution in [0.5, 0.6) is 0 Å². The van der Waals surface area contributed by atoms with Crippen molar-refractivity contribution in [3.8, 4) is 11.1 Å². The highest BCUT2D eigenvalue weighted by atomic mass is 16.5. The summed E-state index contributed by atoms with van der Waals surface area (Å²) in [5.41, 5.74) is 7.77. The monoisotopic (exact) mass is 301 g/mol. The number of carbonyl (C=O) groups excluding carboxylic acids is 1. The maximum atomic E-state index is 11.9. The summed E-state index contributed by atoms with van der Waals surface area (Å²) in [6.07, 6.45) is 0. The van der Waals surface area contributed by atoms with Crippen LogP contribution < -0.4 is 5.73 Å². The smallest absolute Gasteiger partial charge is 0.338 e. The lowest BCUT2D eigenvalue weighted by Gasteiger charge is -2.09. The summed E-state index contributed by atoms with van der Waals surface area (Å²) in [6, 6.07) is 17.2. The normalized spacial score (nSPS) is 8.77. The van der Waals surface area contributed by atoms with E-state index in [2.05, 4.69) is 0 Å². The number of hydrogen-bond acceptors (Lipinski definition) is 3. The van der Waals surface area contributed by atoms with E-state index in [4.69, 9.17) is 10.5 Å². The van der Waals surface area contributed by atoms with Gasteiger partial charge in [-0.2, -0.15) is 0 Å². The summed E-state index contributed by atoms with van der Waals surface area (Å²) in [5.74, 6) is -0.333. The predicted molar refractivity (Wildman–Crippen MR) is 93.9 cm³/mol. The molecule has 0 unspecified atom stereocenters. The standard InChI is InChI=1S/C15H15NO2.2C2H6/c16-10-11-18-15(17)14-9-5-4-8-13(14)12-6-2-1-3-7-12;2*1-2/h1-9H,10-11,16H2;2*1-2H3. The van der Waals surface area contributed by atoms with Crippen LogP contribution in [0.25, 0.3) is 11.1 Å². The van der Waals surface area contributed by atoms with Crippen molar-refractivity contribution in [3.05, 3.63) is 60.2 Å². The second kappa shape index (κ2) is 12.6. The number of esters is 1. The lowest BCUT2D eigenvalue weighted by molar-refractivity contribution is 0.0517. The summed E-state index contributed by atoms with van der Waals surface area (Å²) in [7, 11) is 0. The maximum absolute atomic E-state index is 11.9. The Kier molecular flexibility index (Phi) is 11.4. The van der Waals surface area contributed by atoms with Crippen LogP contribution in [0.3, 0.4) is 0 Å². The van der Waals surface area contributed by atoms with Gasteiger partial charge < -0.3 is 10.5 Å². The van der Waals surface area contributed by atoms with Crippen molar-refractivity contribution >= 4 is 5.97 Å². The van der Waals surface area contributed by atoms with Gasteiger partial charge in [-0.1, -0.05) is 76.2 Å². The molecule has 0 amide bonds. The highest BCUT2D eigenvalue weighted by Crippen LogP contribution is 2.23. The minimum absolute atomic E-state index is 0.238. The van der Waals surface area contributed by atoms with Gasteiger partial charge >= 0.3 is 5.97 Å². The lowest BCUT2D eigenvalue weighted by atomic mass is 10.00. The van der Waals surface area contributed by atoms with E-state index in [0.717, 1.165) is 11.1 Å². The van der Waals surface area contributed by atoms with Crippen molar-refractivity contribution in [1.82, 2.24) is 0 Å². The zero-order chi connectivity index (χ0) is 16.8. The van der Waals surface area contributed by atoms with Crippen molar-refractivity contribution < 1.29 is 9.53 Å². The average molecular weight is 301 g/mol. The van der Waals surface area contributed by atoms with Gasteiger partial charge in [0.15, 0.2) is 0 Å². The maximum Gasteiger partial charge on any atom is 0.338 e. The molecule has 2 aromatic carbocycles. The quantitative estimate of drug-likeness (QED) is 0.845. The van der Waals surface area contributed by atoms with Crippen molar-refractivity contribution in [1.29, 1.82) is 0 Å². The fourth-order valence-electron chi connectivity index (χ4n) is 1.76. The van der Waals surface area contributed by atoms with Crippen molar-refractivity contribution in [2.75, 3.05) is 13.2 Å². The van der Waals surface area contributed by atoms with Crippen molar-refractivity contribution in [2.45, 2.75) is 27.7 Å². The molecule has 0 fully saturated rings. The van der Waals surface area contributed by atoms with Gasteiger partial charge in [0.2, 0.25) is 0 Å². The Morgan fingerprint density at radius 1 is 0.909 bits per heavy atom. The van der Waals surface area contributed by atoms with Crippen LogP contribution in [0.2, 0.25) is 0 Å². The largest absolute Gasteiger partial charge is 0.461 e. The number of benzene rings is 2. The minimum atomic E-state index is -0.333. The summed E-state index contributed by atoms with van der Waals surface area (Å²) < 4.78 is 5.08. The lowest BCUT2D eigenvalue weighted by Crippen LogP contribution is -2.14. The molecular weight excluding hydrogens is 274 g/mol. The summed E-state index contributed by atoms with van der Waals surface area (Å²) in [4.78, 5) is 11.9. The minimum Gasteiger partial charge on any atom is -0.461 e. The summed E-state index contributed by atoms with van der Waals surface area (Å²) in [6.45, 7) is 8.57. The Morgan fingerprint density at radius 2 is 1.45 bits per heavy atom. The first-order valence-electron chi connectivity index (χ1n) is 7.84. The molecule has 3 nitrogen and oxygen atoms in total. The predicted octanol–water partition coefficient (Wildman–Crippen LogP) is 4.52. The van der Waals surface area contributed by atoms with Crippen LogP contribution in [0.1, 0.15) is 38.1 Å². The van der Waals surface area contributed by atoms with Crippen LogP contribution in [-0.2, 0) is 4.74 Å². The Balaban J connectivity index is 0.00000102. The van der Waals surface area contributed by atoms with E-state index in [0.29, 0.717) is 12.1 Å². The number of ether oxygens (including phenoxy) is 1.